The summed E-state index contributed by atoms with van der Waals surface area (Å²) in [6, 6.07) is 0.143. The summed E-state index contributed by atoms with van der Waals surface area (Å²) >= 11 is 0. The van der Waals surface area contributed by atoms with Crippen LogP contribution < -0.4 is 5.73 Å². The van der Waals surface area contributed by atoms with Crippen LogP contribution in [0, 0.1) is 23.7 Å². The summed E-state index contributed by atoms with van der Waals surface area (Å²) in [4.78, 5) is 24.8. The summed E-state index contributed by atoms with van der Waals surface area (Å²) in [5.41, 5.74) is 5.95. The number of hydrogen-bond donors (Lipinski definition) is 1. The fourth-order valence-electron chi connectivity index (χ4n) is 3.66. The number of carbonyl (C=O) groups is 2. The van der Waals surface area contributed by atoms with Crippen molar-refractivity contribution in [2.45, 2.75) is 18.9 Å². The fraction of sp³-hybridized carbons (Fsp3) is 0.800. The Labute approximate surface area is 82.4 Å². The van der Waals surface area contributed by atoms with Crippen LogP contribution in [0.25, 0.3) is 0 Å². The van der Waals surface area contributed by atoms with Gasteiger partial charge in [-0.3, -0.25) is 14.5 Å². The first-order chi connectivity index (χ1) is 6.61. The van der Waals surface area contributed by atoms with E-state index in [1.54, 1.807) is 7.05 Å². The molecule has 2 amide bonds. The maximum atomic E-state index is 11.8. The monoisotopic (exact) mass is 194 g/mol. The van der Waals surface area contributed by atoms with Crippen molar-refractivity contribution < 1.29 is 9.59 Å². The Morgan fingerprint density at radius 3 is 2.57 bits per heavy atom. The molecule has 0 spiro atoms. The lowest BCUT2D eigenvalue weighted by Gasteiger charge is -2.25. The Morgan fingerprint density at radius 2 is 1.86 bits per heavy atom. The van der Waals surface area contributed by atoms with Crippen LogP contribution in [-0.4, -0.2) is 29.8 Å². The highest BCUT2D eigenvalue weighted by Crippen LogP contribution is 2.55. The molecule has 2 aliphatic carbocycles. The first kappa shape index (κ1) is 8.41. The number of likely N-dealkylation sites (tertiary alicyclic amines) is 1. The van der Waals surface area contributed by atoms with Crippen molar-refractivity contribution in [3.05, 3.63) is 0 Å². The van der Waals surface area contributed by atoms with E-state index in [0.717, 1.165) is 12.8 Å². The molecule has 4 nitrogen and oxygen atoms in total. The van der Waals surface area contributed by atoms with Crippen molar-refractivity contribution in [1.29, 1.82) is 0 Å². The number of amides is 2. The first-order valence-electron chi connectivity index (χ1n) is 5.18. The predicted molar refractivity (Wildman–Crippen MR) is 48.9 cm³/mol. The van der Waals surface area contributed by atoms with Crippen LogP contribution >= 0.6 is 0 Å². The number of nitrogens with two attached hydrogens (primary N) is 1. The van der Waals surface area contributed by atoms with Crippen LogP contribution in [-0.2, 0) is 9.59 Å². The van der Waals surface area contributed by atoms with E-state index >= 15 is 0 Å². The molecule has 0 aromatic carbocycles. The molecule has 3 fully saturated rings. The van der Waals surface area contributed by atoms with Crippen molar-refractivity contribution >= 4 is 11.8 Å². The van der Waals surface area contributed by atoms with Crippen LogP contribution in [0.5, 0.6) is 0 Å². The minimum Gasteiger partial charge on any atom is -0.327 e. The highest BCUT2D eigenvalue weighted by atomic mass is 16.2. The molecule has 1 aliphatic heterocycles. The van der Waals surface area contributed by atoms with Crippen molar-refractivity contribution in [1.82, 2.24) is 4.90 Å². The molecule has 1 saturated heterocycles. The van der Waals surface area contributed by atoms with E-state index in [2.05, 4.69) is 0 Å². The van der Waals surface area contributed by atoms with E-state index in [1.807, 2.05) is 0 Å². The zero-order valence-corrected chi connectivity index (χ0v) is 8.14. The average molecular weight is 194 g/mol. The molecule has 0 aromatic heterocycles. The molecule has 3 aliphatic rings. The molecule has 4 heteroatoms. The van der Waals surface area contributed by atoms with Crippen LogP contribution in [0.3, 0.4) is 0 Å². The van der Waals surface area contributed by atoms with Crippen LogP contribution in [0.4, 0.5) is 0 Å². The van der Waals surface area contributed by atoms with E-state index in [4.69, 9.17) is 5.73 Å². The van der Waals surface area contributed by atoms with Gasteiger partial charge in [0.25, 0.3) is 0 Å². The van der Waals surface area contributed by atoms with Crippen molar-refractivity contribution in [3.8, 4) is 0 Å². The summed E-state index contributed by atoms with van der Waals surface area (Å²) in [6.45, 7) is 0. The van der Waals surface area contributed by atoms with Gasteiger partial charge in [-0.1, -0.05) is 0 Å². The molecule has 2 N–H and O–H groups in total. The van der Waals surface area contributed by atoms with E-state index in [1.165, 1.54) is 4.90 Å². The minimum atomic E-state index is -0.0822. The van der Waals surface area contributed by atoms with Crippen molar-refractivity contribution in [2.75, 3.05) is 7.05 Å². The van der Waals surface area contributed by atoms with Crippen LogP contribution in [0.2, 0.25) is 0 Å². The van der Waals surface area contributed by atoms with Crippen molar-refractivity contribution in [2.24, 2.45) is 29.4 Å². The molecule has 2 saturated carbocycles. The molecule has 14 heavy (non-hydrogen) atoms. The third-order valence-corrected chi connectivity index (χ3v) is 4.29. The number of nitrogens with zero attached hydrogens (tertiary/aromatic N) is 1. The second kappa shape index (κ2) is 2.37. The summed E-state index contributed by atoms with van der Waals surface area (Å²) in [5, 5.41) is 0. The molecule has 0 radical (unpaired) electrons. The minimum absolute atomic E-state index is 0.00245. The van der Waals surface area contributed by atoms with Gasteiger partial charge in [-0.05, 0) is 24.7 Å². The highest BCUT2D eigenvalue weighted by molar-refractivity contribution is 6.05. The zero-order valence-electron chi connectivity index (χ0n) is 8.14. The van der Waals surface area contributed by atoms with E-state index in [0.29, 0.717) is 5.92 Å². The number of carbonyl (C=O) groups excluding carboxylic acids is 2. The number of rotatable bonds is 0. The Morgan fingerprint density at radius 1 is 1.21 bits per heavy atom. The smallest absolute Gasteiger partial charge is 0.233 e. The quantitative estimate of drug-likeness (QED) is 0.533. The maximum Gasteiger partial charge on any atom is 0.233 e. The summed E-state index contributed by atoms with van der Waals surface area (Å²) in [5.74, 6) is 0.563. The number of hydrogen-bond acceptors (Lipinski definition) is 3. The maximum absolute atomic E-state index is 11.8. The second-order valence-electron chi connectivity index (χ2n) is 4.85. The molecule has 5 atom stereocenters. The number of imide groups is 1. The lowest BCUT2D eigenvalue weighted by atomic mass is 9.79. The molecule has 1 heterocycles. The lowest BCUT2D eigenvalue weighted by Crippen LogP contribution is -2.38. The van der Waals surface area contributed by atoms with Gasteiger partial charge in [-0.2, -0.15) is 0 Å². The van der Waals surface area contributed by atoms with Gasteiger partial charge in [0.2, 0.25) is 11.8 Å². The Hall–Kier alpha value is -0.900. The fourth-order valence-corrected chi connectivity index (χ4v) is 3.66. The van der Waals surface area contributed by atoms with Crippen LogP contribution in [0.1, 0.15) is 12.8 Å². The number of fused-ring (bicyclic) bond motifs is 5. The lowest BCUT2D eigenvalue weighted by molar-refractivity contribution is -0.139. The first-order valence-corrected chi connectivity index (χ1v) is 5.18. The molecular formula is C10H14N2O2. The normalized spacial score (nSPS) is 50.4. The van der Waals surface area contributed by atoms with Gasteiger partial charge >= 0.3 is 0 Å². The van der Waals surface area contributed by atoms with E-state index < -0.39 is 0 Å². The Balaban J connectivity index is 2.01. The van der Waals surface area contributed by atoms with Gasteiger partial charge in [0.15, 0.2) is 0 Å². The largest absolute Gasteiger partial charge is 0.327 e. The van der Waals surface area contributed by atoms with Gasteiger partial charge in [-0.15, -0.1) is 0 Å². The third kappa shape index (κ3) is 0.741. The van der Waals surface area contributed by atoms with Gasteiger partial charge in [0.1, 0.15) is 0 Å². The Kier molecular flexibility index (Phi) is 1.42. The molecule has 3 rings (SSSR count). The van der Waals surface area contributed by atoms with Gasteiger partial charge < -0.3 is 5.73 Å². The second-order valence-corrected chi connectivity index (χ2v) is 4.85. The predicted octanol–water partition coefficient (Wildman–Crippen LogP) is -0.416. The molecule has 2 bridgehead atoms. The van der Waals surface area contributed by atoms with E-state index in [-0.39, 0.29) is 35.6 Å². The highest BCUT2D eigenvalue weighted by Gasteiger charge is 2.62. The van der Waals surface area contributed by atoms with Gasteiger partial charge in [0.05, 0.1) is 11.8 Å². The molecule has 5 unspecified atom stereocenters. The Bertz CT molecular complexity index is 328. The van der Waals surface area contributed by atoms with Gasteiger partial charge in [0, 0.05) is 13.1 Å². The molecule has 0 aromatic rings. The van der Waals surface area contributed by atoms with Crippen LogP contribution in [0.15, 0.2) is 0 Å². The topological polar surface area (TPSA) is 63.4 Å². The van der Waals surface area contributed by atoms with Gasteiger partial charge in [-0.25, -0.2) is 0 Å². The zero-order chi connectivity index (χ0) is 10.0. The summed E-state index contributed by atoms with van der Waals surface area (Å²) < 4.78 is 0. The molecule has 76 valence electrons. The van der Waals surface area contributed by atoms with Crippen molar-refractivity contribution in [3.63, 3.8) is 0 Å². The molecular weight excluding hydrogens is 180 g/mol. The summed E-state index contributed by atoms with van der Waals surface area (Å²) in [6.07, 6.45) is 1.92. The summed E-state index contributed by atoms with van der Waals surface area (Å²) in [7, 11) is 1.59. The third-order valence-electron chi connectivity index (χ3n) is 4.29. The van der Waals surface area contributed by atoms with E-state index in [9.17, 15) is 9.59 Å². The standard InChI is InChI=1S/C10H14N2O2/c1-12-9(13)7-4-2-5(6(11)3-4)8(7)10(12)14/h4-8H,2-3,11H2,1H3. The average Bonchev–Trinajstić information content (AvgIpc) is 2.74. The SMILES string of the molecule is CN1C(=O)C2C3CC(N)C(C3)C2C1=O.